The van der Waals surface area contributed by atoms with E-state index in [1.54, 1.807) is 6.33 Å². The number of nitrogens with zero attached hydrogens (tertiary/aromatic N) is 4. The fourth-order valence-electron chi connectivity index (χ4n) is 3.57. The minimum atomic E-state index is 0.378. The zero-order chi connectivity index (χ0) is 17.2. The normalized spacial score (nSPS) is 17.0. The van der Waals surface area contributed by atoms with Gasteiger partial charge in [0.25, 0.3) is 0 Å². The molecule has 1 saturated heterocycles. The summed E-state index contributed by atoms with van der Waals surface area (Å²) >= 11 is 0. The molecule has 1 aliphatic heterocycles. The van der Waals surface area contributed by atoms with Crippen LogP contribution in [0.15, 0.2) is 42.9 Å². The number of nitrogens with one attached hydrogen (secondary N) is 1. The molecule has 0 aliphatic carbocycles. The standard InChI is InChI=1S/C20H21N5/c1-3-11-25(16-6-4-15(2)5-7-16)17-9-12-24(13-17)20-18-8-10-21-19(18)22-14-23-20/h1,4-8,10,14,17H,9,11-13H2,2H3,(H,21,22,23). The van der Waals surface area contributed by atoms with Gasteiger partial charge in [0.15, 0.2) is 0 Å². The average Bonchev–Trinajstić information content (AvgIpc) is 3.29. The molecule has 3 heterocycles. The number of benzene rings is 1. The lowest BCUT2D eigenvalue weighted by Gasteiger charge is -2.29. The SMILES string of the molecule is C#CCN(c1ccc(C)cc1)C1CCN(c2ncnc3[nH]ccc23)C1. The lowest BCUT2D eigenvalue weighted by Crippen LogP contribution is -2.38. The Bertz CT molecular complexity index is 906. The summed E-state index contributed by atoms with van der Waals surface area (Å²) < 4.78 is 0. The molecule has 0 spiro atoms. The van der Waals surface area contributed by atoms with E-state index in [4.69, 9.17) is 6.42 Å². The molecule has 4 rings (SSSR count). The molecule has 126 valence electrons. The topological polar surface area (TPSA) is 48.1 Å². The molecule has 2 aromatic heterocycles. The summed E-state index contributed by atoms with van der Waals surface area (Å²) in [5.74, 6) is 3.81. The van der Waals surface area contributed by atoms with Gasteiger partial charge in [-0.25, -0.2) is 9.97 Å². The first kappa shape index (κ1) is 15.5. The van der Waals surface area contributed by atoms with Crippen LogP contribution >= 0.6 is 0 Å². The minimum Gasteiger partial charge on any atom is -0.356 e. The van der Waals surface area contributed by atoms with Crippen LogP contribution < -0.4 is 9.80 Å². The molecule has 1 aliphatic rings. The zero-order valence-electron chi connectivity index (χ0n) is 14.3. The number of aryl methyl sites for hydroxylation is 1. The van der Waals surface area contributed by atoms with Crippen LogP contribution in [0.2, 0.25) is 0 Å². The highest BCUT2D eigenvalue weighted by Crippen LogP contribution is 2.29. The number of rotatable bonds is 4. The molecule has 0 radical (unpaired) electrons. The van der Waals surface area contributed by atoms with E-state index in [2.05, 4.69) is 61.9 Å². The first-order valence-corrected chi connectivity index (χ1v) is 8.56. The van der Waals surface area contributed by atoms with Crippen molar-refractivity contribution in [2.24, 2.45) is 0 Å². The van der Waals surface area contributed by atoms with Gasteiger partial charge in [-0.3, -0.25) is 0 Å². The van der Waals surface area contributed by atoms with Gasteiger partial charge in [0, 0.05) is 31.0 Å². The predicted octanol–water partition coefficient (Wildman–Crippen LogP) is 2.98. The van der Waals surface area contributed by atoms with Crippen molar-refractivity contribution in [3.63, 3.8) is 0 Å². The fraction of sp³-hybridized carbons (Fsp3) is 0.300. The summed E-state index contributed by atoms with van der Waals surface area (Å²) in [6.07, 6.45) is 10.2. The highest BCUT2D eigenvalue weighted by molar-refractivity contribution is 5.87. The molecule has 5 nitrogen and oxygen atoms in total. The van der Waals surface area contributed by atoms with Crippen molar-refractivity contribution in [1.82, 2.24) is 15.0 Å². The molecule has 1 unspecified atom stereocenters. The molecule has 1 aromatic carbocycles. The molecule has 0 saturated carbocycles. The fourth-order valence-corrected chi connectivity index (χ4v) is 3.57. The maximum Gasteiger partial charge on any atom is 0.142 e. The Morgan fingerprint density at radius 1 is 1.28 bits per heavy atom. The lowest BCUT2D eigenvalue weighted by atomic mass is 10.1. The molecular weight excluding hydrogens is 310 g/mol. The van der Waals surface area contributed by atoms with Crippen LogP contribution in [0.25, 0.3) is 11.0 Å². The predicted molar refractivity (Wildman–Crippen MR) is 102 cm³/mol. The second-order valence-corrected chi connectivity index (χ2v) is 6.49. The van der Waals surface area contributed by atoms with Gasteiger partial charge in [-0.1, -0.05) is 23.6 Å². The van der Waals surface area contributed by atoms with E-state index in [0.29, 0.717) is 12.6 Å². The van der Waals surface area contributed by atoms with Gasteiger partial charge in [0.05, 0.1) is 11.9 Å². The van der Waals surface area contributed by atoms with Crippen LogP contribution in [-0.2, 0) is 0 Å². The average molecular weight is 331 g/mol. The Balaban J connectivity index is 1.59. The third-order valence-corrected chi connectivity index (χ3v) is 4.86. The van der Waals surface area contributed by atoms with Crippen molar-refractivity contribution < 1.29 is 0 Å². The third-order valence-electron chi connectivity index (χ3n) is 4.86. The molecule has 1 atom stereocenters. The van der Waals surface area contributed by atoms with Crippen molar-refractivity contribution in [3.05, 3.63) is 48.4 Å². The maximum absolute atomic E-state index is 5.64. The molecule has 25 heavy (non-hydrogen) atoms. The highest BCUT2D eigenvalue weighted by Gasteiger charge is 2.29. The molecule has 1 fully saturated rings. The number of hydrogen-bond donors (Lipinski definition) is 1. The smallest absolute Gasteiger partial charge is 0.142 e. The number of aromatic amines is 1. The first-order chi connectivity index (χ1) is 12.3. The molecule has 0 amide bonds. The number of terminal acetylenes is 1. The number of fused-ring (bicyclic) bond motifs is 1. The summed E-state index contributed by atoms with van der Waals surface area (Å²) in [5, 5.41) is 1.07. The summed E-state index contributed by atoms with van der Waals surface area (Å²) in [4.78, 5) is 16.6. The molecule has 3 aromatic rings. The van der Waals surface area contributed by atoms with Gasteiger partial charge >= 0.3 is 0 Å². The van der Waals surface area contributed by atoms with Gasteiger partial charge in [-0.15, -0.1) is 6.42 Å². The van der Waals surface area contributed by atoms with E-state index in [9.17, 15) is 0 Å². The summed E-state index contributed by atoms with van der Waals surface area (Å²) in [6, 6.07) is 11.0. The van der Waals surface area contributed by atoms with Gasteiger partial charge in [-0.2, -0.15) is 0 Å². The third kappa shape index (κ3) is 2.91. The first-order valence-electron chi connectivity index (χ1n) is 8.56. The number of H-pyrrole nitrogens is 1. The van der Waals surface area contributed by atoms with E-state index in [0.717, 1.165) is 36.4 Å². The maximum atomic E-state index is 5.64. The van der Waals surface area contributed by atoms with E-state index in [1.807, 2.05) is 12.3 Å². The van der Waals surface area contributed by atoms with Crippen LogP contribution in [0.3, 0.4) is 0 Å². The van der Waals surface area contributed by atoms with Gasteiger partial charge in [0.2, 0.25) is 0 Å². The summed E-state index contributed by atoms with van der Waals surface area (Å²) in [7, 11) is 0. The van der Waals surface area contributed by atoms with Crippen molar-refractivity contribution >= 4 is 22.5 Å². The number of anilines is 2. The summed E-state index contributed by atoms with van der Waals surface area (Å²) in [5.41, 5.74) is 3.32. The van der Waals surface area contributed by atoms with Crippen LogP contribution in [0.1, 0.15) is 12.0 Å². The van der Waals surface area contributed by atoms with Crippen molar-refractivity contribution in [2.75, 3.05) is 29.4 Å². The van der Waals surface area contributed by atoms with Crippen LogP contribution in [-0.4, -0.2) is 40.6 Å². The van der Waals surface area contributed by atoms with Crippen LogP contribution in [0.5, 0.6) is 0 Å². The minimum absolute atomic E-state index is 0.378. The Morgan fingerprint density at radius 2 is 2.12 bits per heavy atom. The van der Waals surface area contributed by atoms with Gasteiger partial charge < -0.3 is 14.8 Å². The van der Waals surface area contributed by atoms with Crippen LogP contribution in [0, 0.1) is 19.3 Å². The van der Waals surface area contributed by atoms with E-state index >= 15 is 0 Å². The molecular formula is C20H21N5. The largest absolute Gasteiger partial charge is 0.356 e. The Morgan fingerprint density at radius 3 is 2.92 bits per heavy atom. The van der Waals surface area contributed by atoms with E-state index in [1.165, 1.54) is 11.3 Å². The second-order valence-electron chi connectivity index (χ2n) is 6.49. The zero-order valence-corrected chi connectivity index (χ0v) is 14.3. The van der Waals surface area contributed by atoms with E-state index in [-0.39, 0.29) is 0 Å². The van der Waals surface area contributed by atoms with Crippen LogP contribution in [0.4, 0.5) is 11.5 Å². The van der Waals surface area contributed by atoms with E-state index < -0.39 is 0 Å². The Kier molecular flexibility index (Phi) is 4.02. The molecule has 5 heteroatoms. The lowest BCUT2D eigenvalue weighted by molar-refractivity contribution is 0.672. The Hall–Kier alpha value is -3.00. The van der Waals surface area contributed by atoms with Gasteiger partial charge in [-0.05, 0) is 31.5 Å². The van der Waals surface area contributed by atoms with Gasteiger partial charge in [0.1, 0.15) is 17.8 Å². The molecule has 1 N–H and O–H groups in total. The van der Waals surface area contributed by atoms with Crippen molar-refractivity contribution in [2.45, 2.75) is 19.4 Å². The van der Waals surface area contributed by atoms with Crippen molar-refractivity contribution in [1.29, 1.82) is 0 Å². The second kappa shape index (κ2) is 6.48. The monoisotopic (exact) mass is 331 g/mol. The van der Waals surface area contributed by atoms with Crippen molar-refractivity contribution in [3.8, 4) is 12.3 Å². The number of hydrogen-bond acceptors (Lipinski definition) is 4. The summed E-state index contributed by atoms with van der Waals surface area (Å²) in [6.45, 7) is 4.59. The number of aromatic nitrogens is 3. The molecule has 0 bridgehead atoms. The Labute approximate surface area is 147 Å². The highest BCUT2D eigenvalue weighted by atomic mass is 15.3. The quantitative estimate of drug-likeness (QED) is 0.747.